The number of hydrogen-bond acceptors (Lipinski definition) is 3. The average Bonchev–Trinajstić information content (AvgIpc) is 2.67. The summed E-state index contributed by atoms with van der Waals surface area (Å²) in [5.74, 6) is 0. The lowest BCUT2D eigenvalue weighted by atomic mass is 10.1. The molecule has 0 heterocycles. The number of hydrogen-bond donors (Lipinski definition) is 1. The predicted molar refractivity (Wildman–Crippen MR) is 68.8 cm³/mol. The van der Waals surface area contributed by atoms with Gasteiger partial charge in [0.25, 0.3) is 0 Å². The number of methoxy groups -OCH3 is 1. The summed E-state index contributed by atoms with van der Waals surface area (Å²) in [4.78, 5) is 2.60. The first-order valence-electron chi connectivity index (χ1n) is 6.68. The highest BCUT2D eigenvalue weighted by Gasteiger charge is 2.32. The normalized spacial score (nSPS) is 25.9. The van der Waals surface area contributed by atoms with E-state index in [9.17, 15) is 0 Å². The topological polar surface area (TPSA) is 24.5 Å². The van der Waals surface area contributed by atoms with Gasteiger partial charge in [0.1, 0.15) is 0 Å². The second-order valence-electron chi connectivity index (χ2n) is 4.99. The molecule has 2 unspecified atom stereocenters. The lowest BCUT2D eigenvalue weighted by Crippen LogP contribution is -2.50. The van der Waals surface area contributed by atoms with Crippen LogP contribution in [0.1, 0.15) is 40.0 Å². The van der Waals surface area contributed by atoms with Crippen LogP contribution in [0.5, 0.6) is 0 Å². The van der Waals surface area contributed by atoms with Crippen LogP contribution in [-0.4, -0.2) is 49.8 Å². The molecular formula is C13H28N2O. The molecule has 1 fully saturated rings. The van der Waals surface area contributed by atoms with Crippen molar-refractivity contribution in [2.45, 2.75) is 58.2 Å². The molecule has 0 saturated heterocycles. The molecule has 1 rings (SSSR count). The largest absolute Gasteiger partial charge is 0.383 e. The van der Waals surface area contributed by atoms with E-state index in [0.29, 0.717) is 18.1 Å². The molecule has 2 atom stereocenters. The van der Waals surface area contributed by atoms with Crippen molar-refractivity contribution in [3.8, 4) is 0 Å². The standard InChI is InChI=1S/C13H28N2O/c1-5-14-12-7-6-8-13(12)15(11(2)3)9-10-16-4/h11-14H,5-10H2,1-4H3. The van der Waals surface area contributed by atoms with Gasteiger partial charge in [-0.3, -0.25) is 4.90 Å². The quantitative estimate of drug-likeness (QED) is 0.720. The maximum Gasteiger partial charge on any atom is 0.0589 e. The Morgan fingerprint density at radius 3 is 2.69 bits per heavy atom. The molecule has 0 aromatic heterocycles. The number of ether oxygens (including phenoxy) is 1. The van der Waals surface area contributed by atoms with E-state index in [1.807, 2.05) is 0 Å². The lowest BCUT2D eigenvalue weighted by Gasteiger charge is -2.36. The molecule has 3 nitrogen and oxygen atoms in total. The fourth-order valence-electron chi connectivity index (χ4n) is 2.84. The Balaban J connectivity index is 2.54. The Morgan fingerprint density at radius 2 is 2.12 bits per heavy atom. The van der Waals surface area contributed by atoms with Gasteiger partial charge in [0.2, 0.25) is 0 Å². The molecule has 1 aliphatic carbocycles. The molecule has 96 valence electrons. The second-order valence-corrected chi connectivity index (χ2v) is 4.99. The van der Waals surface area contributed by atoms with Gasteiger partial charge >= 0.3 is 0 Å². The Bertz CT molecular complexity index is 185. The molecule has 0 aliphatic heterocycles. The molecule has 1 N–H and O–H groups in total. The van der Waals surface area contributed by atoms with Gasteiger partial charge in [0, 0.05) is 31.8 Å². The van der Waals surface area contributed by atoms with Gasteiger partial charge in [0.15, 0.2) is 0 Å². The van der Waals surface area contributed by atoms with Crippen molar-refractivity contribution in [3.63, 3.8) is 0 Å². The van der Waals surface area contributed by atoms with Crippen LogP contribution in [0.15, 0.2) is 0 Å². The Morgan fingerprint density at radius 1 is 1.38 bits per heavy atom. The number of nitrogens with one attached hydrogen (secondary N) is 1. The predicted octanol–water partition coefficient (Wildman–Crippen LogP) is 1.87. The van der Waals surface area contributed by atoms with Crippen molar-refractivity contribution < 1.29 is 4.74 Å². The summed E-state index contributed by atoms with van der Waals surface area (Å²) in [7, 11) is 1.79. The number of rotatable bonds is 7. The smallest absolute Gasteiger partial charge is 0.0589 e. The monoisotopic (exact) mass is 228 g/mol. The minimum atomic E-state index is 0.611. The third-order valence-electron chi connectivity index (χ3n) is 3.59. The molecule has 1 aliphatic rings. The Hall–Kier alpha value is -0.120. The van der Waals surface area contributed by atoms with E-state index in [0.717, 1.165) is 19.7 Å². The molecule has 3 heteroatoms. The summed E-state index contributed by atoms with van der Waals surface area (Å²) in [6.45, 7) is 9.75. The van der Waals surface area contributed by atoms with Gasteiger partial charge in [-0.05, 0) is 33.2 Å². The Labute approximate surface area is 101 Å². The van der Waals surface area contributed by atoms with Crippen molar-refractivity contribution in [2.24, 2.45) is 0 Å². The SMILES string of the molecule is CCNC1CCCC1N(CCOC)C(C)C. The first-order chi connectivity index (χ1) is 7.70. The highest BCUT2D eigenvalue weighted by atomic mass is 16.5. The lowest BCUT2D eigenvalue weighted by molar-refractivity contribution is 0.0865. The molecule has 0 aromatic carbocycles. The first-order valence-corrected chi connectivity index (χ1v) is 6.68. The fraction of sp³-hybridized carbons (Fsp3) is 1.00. The van der Waals surface area contributed by atoms with Crippen molar-refractivity contribution in [2.75, 3.05) is 26.8 Å². The Kier molecular flexibility index (Phi) is 6.32. The van der Waals surface area contributed by atoms with Crippen LogP contribution in [-0.2, 0) is 4.74 Å². The van der Waals surface area contributed by atoms with Crippen LogP contribution in [0.2, 0.25) is 0 Å². The molecule has 0 radical (unpaired) electrons. The van der Waals surface area contributed by atoms with Crippen molar-refractivity contribution >= 4 is 0 Å². The summed E-state index contributed by atoms with van der Waals surface area (Å²) in [5.41, 5.74) is 0. The van der Waals surface area contributed by atoms with Gasteiger partial charge in [-0.1, -0.05) is 13.3 Å². The third-order valence-corrected chi connectivity index (χ3v) is 3.59. The highest BCUT2D eigenvalue weighted by Crippen LogP contribution is 2.25. The van der Waals surface area contributed by atoms with Gasteiger partial charge in [-0.2, -0.15) is 0 Å². The van der Waals surface area contributed by atoms with Crippen LogP contribution in [0.25, 0.3) is 0 Å². The summed E-state index contributed by atoms with van der Waals surface area (Å²) >= 11 is 0. The summed E-state index contributed by atoms with van der Waals surface area (Å²) < 4.78 is 5.22. The zero-order valence-corrected chi connectivity index (χ0v) is 11.3. The van der Waals surface area contributed by atoms with Crippen LogP contribution in [0.3, 0.4) is 0 Å². The van der Waals surface area contributed by atoms with E-state index in [1.54, 1.807) is 7.11 Å². The molecule has 0 spiro atoms. The second kappa shape index (κ2) is 7.25. The van der Waals surface area contributed by atoms with E-state index in [1.165, 1.54) is 19.3 Å². The van der Waals surface area contributed by atoms with Crippen molar-refractivity contribution in [1.82, 2.24) is 10.2 Å². The number of nitrogens with zero attached hydrogens (tertiary/aromatic N) is 1. The fourth-order valence-corrected chi connectivity index (χ4v) is 2.84. The zero-order chi connectivity index (χ0) is 12.0. The van der Waals surface area contributed by atoms with Crippen molar-refractivity contribution in [1.29, 1.82) is 0 Å². The maximum atomic E-state index is 5.22. The van der Waals surface area contributed by atoms with E-state index >= 15 is 0 Å². The molecule has 0 amide bonds. The van der Waals surface area contributed by atoms with Gasteiger partial charge in [-0.25, -0.2) is 0 Å². The third kappa shape index (κ3) is 3.72. The van der Waals surface area contributed by atoms with Crippen molar-refractivity contribution in [3.05, 3.63) is 0 Å². The molecular weight excluding hydrogens is 200 g/mol. The summed E-state index contributed by atoms with van der Waals surface area (Å²) in [6.07, 6.45) is 4.02. The highest BCUT2D eigenvalue weighted by molar-refractivity contribution is 4.91. The van der Waals surface area contributed by atoms with E-state index in [4.69, 9.17) is 4.74 Å². The maximum absolute atomic E-state index is 5.22. The minimum Gasteiger partial charge on any atom is -0.383 e. The van der Waals surface area contributed by atoms with Gasteiger partial charge in [0.05, 0.1) is 6.61 Å². The van der Waals surface area contributed by atoms with E-state index in [2.05, 4.69) is 31.0 Å². The van der Waals surface area contributed by atoms with Crippen LogP contribution < -0.4 is 5.32 Å². The molecule has 1 saturated carbocycles. The number of likely N-dealkylation sites (N-methyl/N-ethyl adjacent to an activating group) is 1. The first kappa shape index (κ1) is 13.9. The van der Waals surface area contributed by atoms with Gasteiger partial charge < -0.3 is 10.1 Å². The summed E-state index contributed by atoms with van der Waals surface area (Å²) in [5, 5.41) is 3.62. The van der Waals surface area contributed by atoms with Gasteiger partial charge in [-0.15, -0.1) is 0 Å². The van der Waals surface area contributed by atoms with Crippen LogP contribution >= 0.6 is 0 Å². The van der Waals surface area contributed by atoms with E-state index in [-0.39, 0.29) is 0 Å². The average molecular weight is 228 g/mol. The molecule has 0 aromatic rings. The van der Waals surface area contributed by atoms with E-state index < -0.39 is 0 Å². The van der Waals surface area contributed by atoms with Crippen LogP contribution in [0.4, 0.5) is 0 Å². The zero-order valence-electron chi connectivity index (χ0n) is 11.3. The van der Waals surface area contributed by atoms with Crippen LogP contribution in [0, 0.1) is 0 Å². The molecule has 0 bridgehead atoms. The molecule has 16 heavy (non-hydrogen) atoms. The summed E-state index contributed by atoms with van der Waals surface area (Å²) in [6, 6.07) is 2.00. The minimum absolute atomic E-state index is 0.611.